The molecule has 200 valence electrons. The molecule has 0 saturated heterocycles. The van der Waals surface area contributed by atoms with Gasteiger partial charge in [-0.05, 0) is 55.0 Å². The van der Waals surface area contributed by atoms with Gasteiger partial charge in [0.1, 0.15) is 24.7 Å². The van der Waals surface area contributed by atoms with Crippen LogP contribution in [0.4, 0.5) is 0 Å². The molecule has 0 radical (unpaired) electrons. The Kier molecular flexibility index (Phi) is 11.1. The third-order valence-electron chi connectivity index (χ3n) is 4.97. The van der Waals surface area contributed by atoms with E-state index in [0.29, 0.717) is 37.7 Å². The minimum absolute atomic E-state index is 0.128. The van der Waals surface area contributed by atoms with Crippen LogP contribution in [0.5, 0.6) is 11.5 Å². The van der Waals surface area contributed by atoms with E-state index >= 15 is 0 Å². The van der Waals surface area contributed by atoms with Crippen LogP contribution < -0.4 is 20.1 Å². The van der Waals surface area contributed by atoms with Crippen LogP contribution in [-0.2, 0) is 27.5 Å². The maximum Gasteiger partial charge on any atom is 0.325 e. The monoisotopic (exact) mass is 578 g/mol. The second-order valence-corrected chi connectivity index (χ2v) is 9.21. The summed E-state index contributed by atoms with van der Waals surface area (Å²) in [6.07, 6.45) is 0. The molecule has 0 unspecified atom stereocenters. The maximum absolute atomic E-state index is 12.9. The molecular weight excluding hydrogens is 555 g/mol. The molecule has 0 aliphatic rings. The third-order valence-corrected chi connectivity index (χ3v) is 5.62. The van der Waals surface area contributed by atoms with Crippen molar-refractivity contribution < 1.29 is 28.6 Å². The number of esters is 1. The first-order chi connectivity index (χ1) is 18.2. The minimum atomic E-state index is -0.535. The smallest absolute Gasteiger partial charge is 0.325 e. The largest absolute Gasteiger partial charge is 0.489 e. The fraction of sp³-hybridized carbons (Fsp3) is 0.222. The summed E-state index contributed by atoms with van der Waals surface area (Å²) in [7, 11) is 0. The van der Waals surface area contributed by atoms with Gasteiger partial charge in [-0.3, -0.25) is 14.4 Å². The van der Waals surface area contributed by atoms with Gasteiger partial charge in [-0.25, -0.2) is 0 Å². The normalized spacial score (nSPS) is 10.4. The van der Waals surface area contributed by atoms with Crippen LogP contribution in [0.3, 0.4) is 0 Å². The lowest BCUT2D eigenvalue weighted by molar-refractivity contribution is -0.143. The molecule has 0 atom stereocenters. The molecular formula is C27H25Cl3N2O6. The molecule has 3 aromatic rings. The zero-order valence-electron chi connectivity index (χ0n) is 20.4. The number of hydrogen-bond acceptors (Lipinski definition) is 6. The van der Waals surface area contributed by atoms with Crippen molar-refractivity contribution in [3.63, 3.8) is 0 Å². The lowest BCUT2D eigenvalue weighted by atomic mass is 10.1. The summed E-state index contributed by atoms with van der Waals surface area (Å²) in [5.74, 6) is -0.591. The van der Waals surface area contributed by atoms with Crippen LogP contribution in [0.15, 0.2) is 60.7 Å². The number of para-hydroxylation sites is 1. The van der Waals surface area contributed by atoms with Crippen molar-refractivity contribution in [3.05, 3.63) is 92.4 Å². The Morgan fingerprint density at radius 1 is 0.842 bits per heavy atom. The van der Waals surface area contributed by atoms with E-state index < -0.39 is 11.9 Å². The number of ether oxygens (including phenoxy) is 3. The number of halogens is 3. The summed E-state index contributed by atoms with van der Waals surface area (Å²) < 4.78 is 16.1. The topological polar surface area (TPSA) is 103 Å². The van der Waals surface area contributed by atoms with Crippen LogP contribution in [0.25, 0.3) is 0 Å². The van der Waals surface area contributed by atoms with Crippen molar-refractivity contribution in [1.29, 1.82) is 0 Å². The van der Waals surface area contributed by atoms with Gasteiger partial charge in [-0.2, -0.15) is 0 Å². The van der Waals surface area contributed by atoms with Gasteiger partial charge in [0.25, 0.3) is 11.8 Å². The van der Waals surface area contributed by atoms with Crippen molar-refractivity contribution in [2.75, 3.05) is 19.8 Å². The lowest BCUT2D eigenvalue weighted by Crippen LogP contribution is -2.34. The second-order valence-electron chi connectivity index (χ2n) is 7.90. The molecule has 3 aromatic carbocycles. The molecule has 0 aromatic heterocycles. The molecule has 0 aliphatic carbocycles. The third kappa shape index (κ3) is 9.45. The van der Waals surface area contributed by atoms with Gasteiger partial charge in [0.2, 0.25) is 0 Å². The molecule has 8 nitrogen and oxygen atoms in total. The van der Waals surface area contributed by atoms with Crippen molar-refractivity contribution in [2.45, 2.75) is 20.1 Å². The first kappa shape index (κ1) is 29.1. The van der Waals surface area contributed by atoms with Crippen LogP contribution in [0.2, 0.25) is 15.1 Å². The van der Waals surface area contributed by atoms with Crippen LogP contribution in [0, 0.1) is 0 Å². The zero-order chi connectivity index (χ0) is 27.5. The number of carbonyl (C=O) groups is 3. The average Bonchev–Trinajstić information content (AvgIpc) is 2.88. The molecule has 2 N–H and O–H groups in total. The molecule has 0 aliphatic heterocycles. The summed E-state index contributed by atoms with van der Waals surface area (Å²) in [6, 6.07) is 16.7. The number of nitrogens with one attached hydrogen (secondary N) is 2. The molecule has 2 amide bonds. The number of amides is 2. The first-order valence-electron chi connectivity index (χ1n) is 11.5. The highest BCUT2D eigenvalue weighted by Gasteiger charge is 2.13. The van der Waals surface area contributed by atoms with Crippen LogP contribution in [0.1, 0.15) is 28.4 Å². The lowest BCUT2D eigenvalue weighted by Gasteiger charge is -2.13. The molecule has 0 heterocycles. The standard InChI is InChI=1S/C27H25Cl3N2O6/c1-2-36-26(34)14-31-25(33)16-38-24-6-4-3-5-18(24)13-32-27(35)19-9-22(30)12-23(10-19)37-15-17-7-20(28)11-21(29)8-17/h3-12H,2,13-16H2,1H3,(H,31,33)(H,32,35). The quantitative estimate of drug-likeness (QED) is 0.286. The second kappa shape index (κ2) is 14.5. The summed E-state index contributed by atoms with van der Waals surface area (Å²) in [5, 5.41) is 6.54. The van der Waals surface area contributed by atoms with Gasteiger partial charge in [0.05, 0.1) is 6.61 Å². The van der Waals surface area contributed by atoms with Gasteiger partial charge in [-0.1, -0.05) is 53.0 Å². The zero-order valence-corrected chi connectivity index (χ0v) is 22.7. The summed E-state index contributed by atoms with van der Waals surface area (Å²) in [4.78, 5) is 36.2. The van der Waals surface area contributed by atoms with Crippen molar-refractivity contribution in [1.82, 2.24) is 10.6 Å². The molecule has 11 heteroatoms. The SMILES string of the molecule is CCOC(=O)CNC(=O)COc1ccccc1CNC(=O)c1cc(Cl)cc(OCc2cc(Cl)cc(Cl)c2)c1. The van der Waals surface area contributed by atoms with Crippen molar-refractivity contribution in [2.24, 2.45) is 0 Å². The summed E-state index contributed by atoms with van der Waals surface area (Å²) >= 11 is 18.3. The van der Waals surface area contributed by atoms with E-state index in [1.807, 2.05) is 0 Å². The van der Waals surface area contributed by atoms with Gasteiger partial charge < -0.3 is 24.8 Å². The van der Waals surface area contributed by atoms with E-state index in [4.69, 9.17) is 49.0 Å². The average molecular weight is 580 g/mol. The predicted octanol–water partition coefficient (Wildman–Crippen LogP) is 5.21. The highest BCUT2D eigenvalue weighted by atomic mass is 35.5. The van der Waals surface area contributed by atoms with Gasteiger partial charge in [0.15, 0.2) is 6.61 Å². The molecule has 3 rings (SSSR count). The first-order valence-corrected chi connectivity index (χ1v) is 12.7. The van der Waals surface area contributed by atoms with Crippen LogP contribution in [-0.4, -0.2) is 37.5 Å². The van der Waals surface area contributed by atoms with E-state index in [9.17, 15) is 14.4 Å². The molecule has 0 bridgehead atoms. The Hall–Kier alpha value is -3.46. The molecule has 0 saturated carbocycles. The van der Waals surface area contributed by atoms with Gasteiger partial charge >= 0.3 is 5.97 Å². The predicted molar refractivity (Wildman–Crippen MR) is 145 cm³/mol. The number of benzene rings is 3. The molecule has 0 fully saturated rings. The summed E-state index contributed by atoms with van der Waals surface area (Å²) in [5.41, 5.74) is 1.71. The van der Waals surface area contributed by atoms with E-state index in [2.05, 4.69) is 10.6 Å². The minimum Gasteiger partial charge on any atom is -0.489 e. The van der Waals surface area contributed by atoms with Gasteiger partial charge in [0, 0.05) is 32.7 Å². The van der Waals surface area contributed by atoms with E-state index in [0.717, 1.165) is 5.56 Å². The number of hydrogen-bond donors (Lipinski definition) is 2. The van der Waals surface area contributed by atoms with E-state index in [-0.39, 0.29) is 38.8 Å². The fourth-order valence-electron chi connectivity index (χ4n) is 3.28. The molecule has 38 heavy (non-hydrogen) atoms. The van der Waals surface area contributed by atoms with E-state index in [1.165, 1.54) is 6.07 Å². The Labute approximate surface area is 235 Å². The Balaban J connectivity index is 1.57. The number of carbonyl (C=O) groups excluding carboxylic acids is 3. The number of rotatable bonds is 12. The van der Waals surface area contributed by atoms with Crippen LogP contribution >= 0.6 is 34.8 Å². The highest BCUT2D eigenvalue weighted by molar-refractivity contribution is 6.34. The summed E-state index contributed by atoms with van der Waals surface area (Å²) in [6.45, 7) is 1.66. The van der Waals surface area contributed by atoms with E-state index in [1.54, 1.807) is 61.5 Å². The van der Waals surface area contributed by atoms with Crippen molar-refractivity contribution >= 4 is 52.6 Å². The maximum atomic E-state index is 12.9. The highest BCUT2D eigenvalue weighted by Crippen LogP contribution is 2.24. The fourth-order valence-corrected chi connectivity index (χ4v) is 4.08. The Bertz CT molecular complexity index is 1280. The molecule has 0 spiro atoms. The Morgan fingerprint density at radius 3 is 2.29 bits per heavy atom. The van der Waals surface area contributed by atoms with Gasteiger partial charge in [-0.15, -0.1) is 0 Å². The Morgan fingerprint density at radius 2 is 1.55 bits per heavy atom. The van der Waals surface area contributed by atoms with Crippen molar-refractivity contribution in [3.8, 4) is 11.5 Å².